The molecule has 0 amide bonds. The fourth-order valence-electron chi connectivity index (χ4n) is 4.97. The first-order valence-corrected chi connectivity index (χ1v) is 12.1. The predicted octanol–water partition coefficient (Wildman–Crippen LogP) is 6.93. The van der Waals surface area contributed by atoms with Gasteiger partial charge in [0.2, 0.25) is 5.78 Å². The number of hydrogen-bond acceptors (Lipinski definition) is 2. The Kier molecular flexibility index (Phi) is 5.62. The predicted molar refractivity (Wildman–Crippen MR) is 145 cm³/mol. The summed E-state index contributed by atoms with van der Waals surface area (Å²) in [6.45, 7) is 1.23. The number of nitrogens with zero attached hydrogens (tertiary/aromatic N) is 2. The minimum absolute atomic E-state index is 0.00762. The van der Waals surface area contributed by atoms with E-state index in [2.05, 4.69) is 45.5 Å². The third-order valence-corrected chi connectivity index (χ3v) is 6.75. The lowest BCUT2D eigenvalue weighted by molar-refractivity contribution is 0.102. The van der Waals surface area contributed by atoms with Crippen LogP contribution in [0.4, 0.5) is 0 Å². The van der Waals surface area contributed by atoms with E-state index < -0.39 is 0 Å². The molecule has 4 aromatic carbocycles. The van der Waals surface area contributed by atoms with E-state index >= 15 is 0 Å². The van der Waals surface area contributed by atoms with Gasteiger partial charge in [0.15, 0.2) is 0 Å². The normalized spacial score (nSPS) is 11.2. The van der Waals surface area contributed by atoms with E-state index in [0.29, 0.717) is 24.5 Å². The molecule has 0 unspecified atom stereocenters. The number of methoxy groups -OCH3 is 1. The summed E-state index contributed by atoms with van der Waals surface area (Å²) in [6, 6.07) is 38.7. The van der Waals surface area contributed by atoms with Crippen molar-refractivity contribution in [3.05, 3.63) is 138 Å². The summed E-state index contributed by atoms with van der Waals surface area (Å²) >= 11 is 0. The third-order valence-electron chi connectivity index (χ3n) is 6.75. The zero-order valence-electron chi connectivity index (χ0n) is 20.1. The molecule has 0 saturated carbocycles. The van der Waals surface area contributed by atoms with Crippen LogP contribution in [0.2, 0.25) is 0 Å². The van der Waals surface area contributed by atoms with Gasteiger partial charge in [-0.2, -0.15) is 0 Å². The summed E-state index contributed by atoms with van der Waals surface area (Å²) in [5.41, 5.74) is 5.71. The molecule has 0 N–H and O–H groups in total. The van der Waals surface area contributed by atoms with Gasteiger partial charge in [-0.25, -0.2) is 0 Å². The number of carbonyl (C=O) groups excluding carboxylic acids is 1. The number of rotatable bonds is 7. The molecule has 0 aliphatic carbocycles. The maximum Gasteiger partial charge on any atom is 0.225 e. The lowest BCUT2D eigenvalue weighted by Gasteiger charge is -2.13. The first-order chi connectivity index (χ1) is 17.7. The van der Waals surface area contributed by atoms with Gasteiger partial charge in [0, 0.05) is 34.9 Å². The van der Waals surface area contributed by atoms with Crippen molar-refractivity contribution in [3.63, 3.8) is 0 Å². The van der Waals surface area contributed by atoms with Gasteiger partial charge >= 0.3 is 0 Å². The van der Waals surface area contributed by atoms with Crippen LogP contribution in [0, 0.1) is 0 Å². The average Bonchev–Trinajstić information content (AvgIpc) is 3.47. The molecule has 0 atom stereocenters. The number of ether oxygens (including phenoxy) is 1. The maximum absolute atomic E-state index is 14.3. The molecule has 4 nitrogen and oxygen atoms in total. The van der Waals surface area contributed by atoms with E-state index in [4.69, 9.17) is 4.74 Å². The van der Waals surface area contributed by atoms with Gasteiger partial charge in [-0.05, 0) is 47.5 Å². The molecule has 4 heteroatoms. The summed E-state index contributed by atoms with van der Waals surface area (Å²) < 4.78 is 9.72. The van der Waals surface area contributed by atoms with Crippen LogP contribution >= 0.6 is 0 Å². The fourth-order valence-corrected chi connectivity index (χ4v) is 4.97. The van der Waals surface area contributed by atoms with Gasteiger partial charge in [-0.3, -0.25) is 4.79 Å². The zero-order chi connectivity index (χ0) is 24.5. The van der Waals surface area contributed by atoms with Crippen LogP contribution in [0.5, 0.6) is 5.75 Å². The van der Waals surface area contributed by atoms with Gasteiger partial charge in [-0.1, -0.05) is 78.9 Å². The molecular weight excluding hydrogens is 444 g/mol. The number of fused-ring (bicyclic) bond motifs is 2. The van der Waals surface area contributed by atoms with Crippen molar-refractivity contribution in [2.75, 3.05) is 7.11 Å². The number of carbonyl (C=O) groups is 1. The Labute approximate surface area is 210 Å². The van der Waals surface area contributed by atoms with Crippen LogP contribution in [0.3, 0.4) is 0 Å². The quantitative estimate of drug-likeness (QED) is 0.237. The van der Waals surface area contributed by atoms with Crippen molar-refractivity contribution in [1.82, 2.24) is 9.13 Å². The van der Waals surface area contributed by atoms with Gasteiger partial charge in [0.1, 0.15) is 5.75 Å². The van der Waals surface area contributed by atoms with Crippen molar-refractivity contribution in [2.45, 2.75) is 13.1 Å². The van der Waals surface area contributed by atoms with E-state index in [-0.39, 0.29) is 5.78 Å². The molecule has 2 aromatic heterocycles. The van der Waals surface area contributed by atoms with Gasteiger partial charge in [0.25, 0.3) is 0 Å². The Morgan fingerprint density at radius 3 is 1.75 bits per heavy atom. The summed E-state index contributed by atoms with van der Waals surface area (Å²) in [5.74, 6) is 0.782. The van der Waals surface area contributed by atoms with Gasteiger partial charge in [0.05, 0.1) is 18.5 Å². The van der Waals surface area contributed by atoms with E-state index in [1.54, 1.807) is 7.11 Å². The molecule has 176 valence electrons. The molecule has 0 spiro atoms. The van der Waals surface area contributed by atoms with E-state index in [1.807, 2.05) is 78.9 Å². The van der Waals surface area contributed by atoms with Crippen LogP contribution in [0.25, 0.3) is 21.8 Å². The summed E-state index contributed by atoms with van der Waals surface area (Å²) in [7, 11) is 1.66. The Hall–Kier alpha value is -4.57. The van der Waals surface area contributed by atoms with Crippen LogP contribution in [-0.2, 0) is 13.1 Å². The molecule has 0 aliphatic heterocycles. The number of hydrogen-bond donors (Lipinski definition) is 0. The van der Waals surface area contributed by atoms with Crippen LogP contribution in [0.1, 0.15) is 27.3 Å². The van der Waals surface area contributed by atoms with E-state index in [0.717, 1.165) is 38.7 Å². The van der Waals surface area contributed by atoms with Crippen molar-refractivity contribution >= 4 is 27.6 Å². The molecule has 0 radical (unpaired) electrons. The molecule has 0 aliphatic rings. The smallest absolute Gasteiger partial charge is 0.225 e. The topological polar surface area (TPSA) is 36.2 Å². The number of aromatic nitrogens is 2. The van der Waals surface area contributed by atoms with Crippen LogP contribution < -0.4 is 4.74 Å². The summed E-state index contributed by atoms with van der Waals surface area (Å²) in [4.78, 5) is 14.3. The lowest BCUT2D eigenvalue weighted by Crippen LogP contribution is -2.15. The second-order valence-corrected chi connectivity index (χ2v) is 9.02. The summed E-state index contributed by atoms with van der Waals surface area (Å²) in [5, 5.41) is 2.04. The van der Waals surface area contributed by atoms with Crippen molar-refractivity contribution < 1.29 is 9.53 Å². The second-order valence-electron chi connectivity index (χ2n) is 9.02. The lowest BCUT2D eigenvalue weighted by atomic mass is 10.1. The molecular formula is C32H26N2O2. The van der Waals surface area contributed by atoms with E-state index in [9.17, 15) is 4.79 Å². The van der Waals surface area contributed by atoms with Crippen molar-refractivity contribution in [1.29, 1.82) is 0 Å². The SMILES string of the molecule is COc1ccc2c(c1)cc(C(=O)c1cc3ccccc3n1Cc1ccccc1)n2Cc1ccccc1. The number of benzene rings is 4. The molecule has 36 heavy (non-hydrogen) atoms. The van der Waals surface area contributed by atoms with Crippen LogP contribution in [-0.4, -0.2) is 22.0 Å². The Morgan fingerprint density at radius 2 is 1.14 bits per heavy atom. The average molecular weight is 471 g/mol. The molecule has 2 heterocycles. The Bertz CT molecular complexity index is 1680. The monoisotopic (exact) mass is 470 g/mol. The fraction of sp³-hybridized carbons (Fsp3) is 0.0938. The number of ketones is 1. The highest BCUT2D eigenvalue weighted by molar-refractivity contribution is 6.12. The van der Waals surface area contributed by atoms with Crippen LogP contribution in [0.15, 0.2) is 115 Å². The highest BCUT2D eigenvalue weighted by Crippen LogP contribution is 2.29. The first kappa shape index (κ1) is 21.9. The van der Waals surface area contributed by atoms with Crippen molar-refractivity contribution in [3.8, 4) is 5.75 Å². The maximum atomic E-state index is 14.3. The van der Waals surface area contributed by atoms with Gasteiger partial charge in [-0.15, -0.1) is 0 Å². The highest BCUT2D eigenvalue weighted by Gasteiger charge is 2.22. The minimum atomic E-state index is 0.00762. The Balaban J connectivity index is 1.52. The largest absolute Gasteiger partial charge is 0.497 e. The zero-order valence-corrected chi connectivity index (χ0v) is 20.1. The third kappa shape index (κ3) is 3.97. The molecule has 0 bridgehead atoms. The molecule has 6 aromatic rings. The minimum Gasteiger partial charge on any atom is -0.497 e. The van der Waals surface area contributed by atoms with E-state index in [1.165, 1.54) is 0 Å². The first-order valence-electron chi connectivity index (χ1n) is 12.1. The second kappa shape index (κ2) is 9.23. The molecule has 0 saturated heterocycles. The van der Waals surface area contributed by atoms with Gasteiger partial charge < -0.3 is 13.9 Å². The van der Waals surface area contributed by atoms with Crippen molar-refractivity contribution in [2.24, 2.45) is 0 Å². The summed E-state index contributed by atoms with van der Waals surface area (Å²) in [6.07, 6.45) is 0. The molecule has 6 rings (SSSR count). The standard InChI is InChI=1S/C32H26N2O2/c1-36-27-16-17-29-26(18-27)20-31(34(29)22-24-12-6-3-7-13-24)32(35)30-19-25-14-8-9-15-28(25)33(30)21-23-10-4-2-5-11-23/h2-20H,21-22H2,1H3. The molecule has 0 fully saturated rings. The number of para-hydroxylation sites is 1. The highest BCUT2D eigenvalue weighted by atomic mass is 16.5. The Morgan fingerprint density at radius 1 is 0.611 bits per heavy atom.